The van der Waals surface area contributed by atoms with Gasteiger partial charge < -0.3 is 5.32 Å². The van der Waals surface area contributed by atoms with Crippen LogP contribution in [0.25, 0.3) is 0 Å². The molecule has 0 radical (unpaired) electrons. The van der Waals surface area contributed by atoms with Crippen LogP contribution < -0.4 is 5.32 Å². The second-order valence-electron chi connectivity index (χ2n) is 4.75. The van der Waals surface area contributed by atoms with E-state index in [0.29, 0.717) is 5.41 Å². The molecular formula is C13H17NS. The molecule has 0 amide bonds. The van der Waals surface area contributed by atoms with Gasteiger partial charge in [-0.25, -0.2) is 0 Å². The quantitative estimate of drug-likeness (QED) is 0.768. The third kappa shape index (κ3) is 2.78. The molecule has 1 atom stereocenters. The zero-order chi connectivity index (χ0) is 10.7. The van der Waals surface area contributed by atoms with E-state index in [1.165, 1.54) is 12.0 Å². The van der Waals surface area contributed by atoms with Crippen LogP contribution in [0.1, 0.15) is 25.3 Å². The zero-order valence-corrected chi connectivity index (χ0v) is 9.94. The van der Waals surface area contributed by atoms with E-state index < -0.39 is 0 Å². The van der Waals surface area contributed by atoms with Crippen molar-refractivity contribution in [1.82, 2.24) is 5.32 Å². The van der Waals surface area contributed by atoms with Crippen molar-refractivity contribution in [1.29, 1.82) is 0 Å². The van der Waals surface area contributed by atoms with Gasteiger partial charge in [0.2, 0.25) is 0 Å². The zero-order valence-electron chi connectivity index (χ0n) is 9.12. The molecule has 1 unspecified atom stereocenters. The van der Waals surface area contributed by atoms with E-state index >= 15 is 0 Å². The molecule has 0 aromatic heterocycles. The molecule has 1 nitrogen and oxygen atoms in total. The van der Waals surface area contributed by atoms with Crippen LogP contribution in [0.15, 0.2) is 30.3 Å². The third-order valence-electron chi connectivity index (χ3n) is 3.11. The van der Waals surface area contributed by atoms with E-state index in [1.54, 1.807) is 0 Å². The lowest BCUT2D eigenvalue weighted by molar-refractivity contribution is 0.290. The van der Waals surface area contributed by atoms with Crippen molar-refractivity contribution in [3.8, 4) is 0 Å². The standard InChI is InChI=1S/C13H17NS/c1-13(7-8-14-12(15)10-13)9-11-5-3-2-4-6-11/h2-6H,7-10H2,1H3,(H,14,15). The minimum absolute atomic E-state index is 0.351. The van der Waals surface area contributed by atoms with E-state index in [4.69, 9.17) is 12.2 Å². The third-order valence-corrected chi connectivity index (χ3v) is 3.40. The Morgan fingerprint density at radius 3 is 2.73 bits per heavy atom. The Kier molecular flexibility index (Phi) is 3.06. The molecule has 0 saturated carbocycles. The van der Waals surface area contributed by atoms with E-state index in [9.17, 15) is 0 Å². The minimum atomic E-state index is 0.351. The van der Waals surface area contributed by atoms with Gasteiger partial charge in [-0.05, 0) is 23.8 Å². The van der Waals surface area contributed by atoms with Gasteiger partial charge in [0.1, 0.15) is 0 Å². The van der Waals surface area contributed by atoms with Crippen LogP contribution in [0.4, 0.5) is 0 Å². The maximum absolute atomic E-state index is 5.26. The highest BCUT2D eigenvalue weighted by molar-refractivity contribution is 7.80. The second-order valence-corrected chi connectivity index (χ2v) is 5.24. The maximum atomic E-state index is 5.26. The van der Waals surface area contributed by atoms with Gasteiger partial charge in [0.05, 0.1) is 4.99 Å². The topological polar surface area (TPSA) is 12.0 Å². The first-order valence-electron chi connectivity index (χ1n) is 5.49. The van der Waals surface area contributed by atoms with Crippen LogP contribution in [0.2, 0.25) is 0 Å². The smallest absolute Gasteiger partial charge is 0.0758 e. The number of nitrogens with one attached hydrogen (secondary N) is 1. The molecule has 15 heavy (non-hydrogen) atoms. The lowest BCUT2D eigenvalue weighted by atomic mass is 9.76. The molecule has 1 aromatic rings. The average Bonchev–Trinajstić information content (AvgIpc) is 2.18. The minimum Gasteiger partial charge on any atom is -0.380 e. The maximum Gasteiger partial charge on any atom is 0.0758 e. The van der Waals surface area contributed by atoms with Crippen LogP contribution in [0, 0.1) is 5.41 Å². The summed E-state index contributed by atoms with van der Waals surface area (Å²) in [7, 11) is 0. The molecule has 2 rings (SSSR count). The molecule has 1 heterocycles. The van der Waals surface area contributed by atoms with Gasteiger partial charge in [0, 0.05) is 13.0 Å². The highest BCUT2D eigenvalue weighted by atomic mass is 32.1. The van der Waals surface area contributed by atoms with Crippen molar-refractivity contribution in [3.63, 3.8) is 0 Å². The summed E-state index contributed by atoms with van der Waals surface area (Å²) in [6.07, 6.45) is 3.37. The fourth-order valence-corrected chi connectivity index (χ4v) is 2.73. The first kappa shape index (κ1) is 10.6. The van der Waals surface area contributed by atoms with Crippen LogP contribution in [0.3, 0.4) is 0 Å². The molecule has 1 aliphatic heterocycles. The van der Waals surface area contributed by atoms with Crippen molar-refractivity contribution >= 4 is 17.2 Å². The summed E-state index contributed by atoms with van der Waals surface area (Å²) in [5.74, 6) is 0. The molecule has 0 spiro atoms. The highest BCUT2D eigenvalue weighted by Gasteiger charge is 2.29. The van der Waals surface area contributed by atoms with Gasteiger partial charge in [-0.1, -0.05) is 49.5 Å². The summed E-state index contributed by atoms with van der Waals surface area (Å²) in [4.78, 5) is 1.03. The van der Waals surface area contributed by atoms with Gasteiger partial charge >= 0.3 is 0 Å². The number of hydrogen-bond acceptors (Lipinski definition) is 1. The Bertz CT molecular complexity index is 347. The summed E-state index contributed by atoms with van der Waals surface area (Å²) >= 11 is 5.26. The lowest BCUT2D eigenvalue weighted by Gasteiger charge is -2.34. The predicted octanol–water partition coefficient (Wildman–Crippen LogP) is 2.95. The first-order chi connectivity index (χ1) is 7.18. The Balaban J connectivity index is 2.07. The molecule has 2 heteroatoms. The Morgan fingerprint density at radius 2 is 2.07 bits per heavy atom. The summed E-state index contributed by atoms with van der Waals surface area (Å²) in [6, 6.07) is 10.7. The molecule has 1 aromatic carbocycles. The van der Waals surface area contributed by atoms with Gasteiger partial charge in [0.25, 0.3) is 0 Å². The summed E-state index contributed by atoms with van der Waals surface area (Å²) < 4.78 is 0. The van der Waals surface area contributed by atoms with Crippen LogP contribution in [-0.2, 0) is 6.42 Å². The summed E-state index contributed by atoms with van der Waals surface area (Å²) in [5, 5.41) is 3.25. The van der Waals surface area contributed by atoms with E-state index in [1.807, 2.05) is 0 Å². The fraction of sp³-hybridized carbons (Fsp3) is 0.462. The molecular weight excluding hydrogens is 202 g/mol. The molecule has 1 aliphatic rings. The van der Waals surface area contributed by atoms with Crippen molar-refractivity contribution in [3.05, 3.63) is 35.9 Å². The largest absolute Gasteiger partial charge is 0.380 e. The average molecular weight is 219 g/mol. The van der Waals surface area contributed by atoms with Gasteiger partial charge in [-0.3, -0.25) is 0 Å². The Labute approximate surface area is 96.9 Å². The number of thiocarbonyl (C=S) groups is 1. The first-order valence-corrected chi connectivity index (χ1v) is 5.89. The monoisotopic (exact) mass is 219 g/mol. The second kappa shape index (κ2) is 4.31. The van der Waals surface area contributed by atoms with Crippen LogP contribution in [0.5, 0.6) is 0 Å². The van der Waals surface area contributed by atoms with Crippen LogP contribution in [-0.4, -0.2) is 11.5 Å². The van der Waals surface area contributed by atoms with Gasteiger partial charge in [0.15, 0.2) is 0 Å². The highest BCUT2D eigenvalue weighted by Crippen LogP contribution is 2.32. The van der Waals surface area contributed by atoms with Crippen molar-refractivity contribution < 1.29 is 0 Å². The molecule has 1 N–H and O–H groups in total. The van der Waals surface area contributed by atoms with E-state index in [0.717, 1.165) is 24.4 Å². The van der Waals surface area contributed by atoms with Gasteiger partial charge in [-0.2, -0.15) is 0 Å². The normalized spacial score (nSPS) is 26.1. The SMILES string of the molecule is CC1(Cc2ccccc2)CCNC(=S)C1. The summed E-state index contributed by atoms with van der Waals surface area (Å²) in [6.45, 7) is 3.37. The number of rotatable bonds is 2. The fourth-order valence-electron chi connectivity index (χ4n) is 2.28. The van der Waals surface area contributed by atoms with Crippen molar-refractivity contribution in [2.24, 2.45) is 5.41 Å². The summed E-state index contributed by atoms with van der Waals surface area (Å²) in [5.41, 5.74) is 1.77. The number of piperidine rings is 1. The Morgan fingerprint density at radius 1 is 1.33 bits per heavy atom. The van der Waals surface area contributed by atoms with Crippen LogP contribution >= 0.6 is 12.2 Å². The van der Waals surface area contributed by atoms with E-state index in [-0.39, 0.29) is 0 Å². The number of benzene rings is 1. The lowest BCUT2D eigenvalue weighted by Crippen LogP contribution is -2.39. The van der Waals surface area contributed by atoms with Crippen molar-refractivity contribution in [2.75, 3.05) is 6.54 Å². The molecule has 0 bridgehead atoms. The molecule has 0 aliphatic carbocycles. The number of hydrogen-bond donors (Lipinski definition) is 1. The van der Waals surface area contributed by atoms with Crippen molar-refractivity contribution in [2.45, 2.75) is 26.2 Å². The van der Waals surface area contributed by atoms with Gasteiger partial charge in [-0.15, -0.1) is 0 Å². The molecule has 1 saturated heterocycles. The Hall–Kier alpha value is -0.890. The molecule has 1 fully saturated rings. The van der Waals surface area contributed by atoms with E-state index in [2.05, 4.69) is 42.6 Å². The predicted molar refractivity (Wildman–Crippen MR) is 68.1 cm³/mol. The molecule has 80 valence electrons.